The van der Waals surface area contributed by atoms with Crippen molar-refractivity contribution in [3.63, 3.8) is 0 Å². The van der Waals surface area contributed by atoms with Gasteiger partial charge in [-0.25, -0.2) is 0 Å². The maximum atomic E-state index is 11.7. The Hall–Kier alpha value is -2.34. The maximum absolute atomic E-state index is 11.7. The molecule has 0 N–H and O–H groups in total. The Morgan fingerprint density at radius 2 is 1.47 bits per heavy atom. The van der Waals surface area contributed by atoms with E-state index in [-0.39, 0.29) is 19.0 Å². The number of thioether (sulfide) groups is 1. The summed E-state index contributed by atoms with van der Waals surface area (Å²) in [6.07, 6.45) is -4.56. The molecular formula is C18H26O11S. The third-order valence-electron chi connectivity index (χ3n) is 3.62. The molecular weight excluding hydrogens is 424 g/mol. The summed E-state index contributed by atoms with van der Waals surface area (Å²) in [6, 6.07) is 0. The van der Waals surface area contributed by atoms with Gasteiger partial charge in [0.25, 0.3) is 0 Å². The number of rotatable bonds is 10. The Morgan fingerprint density at radius 1 is 0.867 bits per heavy atom. The molecule has 0 saturated carbocycles. The fraction of sp³-hybridized carbons (Fsp3) is 0.722. The Bertz CT molecular complexity index is 650. The Morgan fingerprint density at radius 3 is 1.97 bits per heavy atom. The summed E-state index contributed by atoms with van der Waals surface area (Å²) >= 11 is 0.964. The van der Waals surface area contributed by atoms with Crippen LogP contribution in [0.1, 0.15) is 34.6 Å². The third kappa shape index (κ3) is 8.57. The SMILES string of the molecule is CCOC(=O)CS[C@@H]1O[C@@H]([C@@H](COC(C)=O)OC(C)=O)[C@H](OC(C)=O)[C@H]1OC(C)=O. The lowest BCUT2D eigenvalue weighted by Gasteiger charge is -2.27. The second kappa shape index (κ2) is 12.4. The Kier molecular flexibility index (Phi) is 10.6. The smallest absolute Gasteiger partial charge is 0.315 e. The van der Waals surface area contributed by atoms with Crippen LogP contribution >= 0.6 is 11.8 Å². The molecule has 0 amide bonds. The molecule has 1 fully saturated rings. The molecule has 1 aliphatic heterocycles. The first-order chi connectivity index (χ1) is 14.0. The van der Waals surface area contributed by atoms with Crippen LogP contribution in [0.15, 0.2) is 0 Å². The standard InChI is InChI=1S/C18H26O11S/c1-6-24-14(23)8-30-18-17(28-12(5)22)16(27-11(4)21)15(29-18)13(26-10(3)20)7-25-9(2)19/h13,15-18H,6-8H2,1-5H3/t13-,15+,16+,17-,18+/m1/s1. The van der Waals surface area contributed by atoms with Crippen LogP contribution in [0.5, 0.6) is 0 Å². The molecule has 12 heteroatoms. The van der Waals surface area contributed by atoms with Gasteiger partial charge in [0.15, 0.2) is 18.3 Å². The van der Waals surface area contributed by atoms with Crippen molar-refractivity contribution >= 4 is 41.6 Å². The van der Waals surface area contributed by atoms with E-state index in [0.717, 1.165) is 32.5 Å². The highest BCUT2D eigenvalue weighted by Crippen LogP contribution is 2.36. The molecule has 1 rings (SSSR count). The minimum Gasteiger partial charge on any atom is -0.465 e. The van der Waals surface area contributed by atoms with Crippen molar-refractivity contribution in [3.8, 4) is 0 Å². The summed E-state index contributed by atoms with van der Waals surface area (Å²) in [5.41, 5.74) is -0.942. The zero-order valence-electron chi connectivity index (χ0n) is 17.4. The molecule has 1 heterocycles. The van der Waals surface area contributed by atoms with Crippen LogP contribution in [0.3, 0.4) is 0 Å². The summed E-state index contributed by atoms with van der Waals surface area (Å²) in [5, 5.41) is 0. The van der Waals surface area contributed by atoms with Crippen molar-refractivity contribution in [2.45, 2.75) is 64.5 Å². The van der Waals surface area contributed by atoms with Crippen molar-refractivity contribution in [2.75, 3.05) is 19.0 Å². The number of carbonyl (C=O) groups excluding carboxylic acids is 5. The monoisotopic (exact) mass is 450 g/mol. The van der Waals surface area contributed by atoms with E-state index < -0.39 is 59.7 Å². The van der Waals surface area contributed by atoms with Gasteiger partial charge in [0.2, 0.25) is 0 Å². The van der Waals surface area contributed by atoms with Gasteiger partial charge in [0.1, 0.15) is 18.1 Å². The summed E-state index contributed by atoms with van der Waals surface area (Å²) in [5.74, 6) is -3.33. The highest BCUT2D eigenvalue weighted by molar-refractivity contribution is 8.00. The molecule has 0 aliphatic carbocycles. The van der Waals surface area contributed by atoms with Crippen LogP contribution in [-0.2, 0) is 52.4 Å². The van der Waals surface area contributed by atoms with E-state index in [9.17, 15) is 24.0 Å². The van der Waals surface area contributed by atoms with E-state index >= 15 is 0 Å². The highest BCUT2D eigenvalue weighted by atomic mass is 32.2. The first-order valence-corrected chi connectivity index (χ1v) is 10.2. The fourth-order valence-electron chi connectivity index (χ4n) is 2.69. The molecule has 0 radical (unpaired) electrons. The third-order valence-corrected chi connectivity index (χ3v) is 4.73. The Balaban J connectivity index is 3.15. The zero-order valence-corrected chi connectivity index (χ0v) is 18.2. The van der Waals surface area contributed by atoms with Gasteiger partial charge < -0.3 is 28.4 Å². The molecule has 5 atom stereocenters. The van der Waals surface area contributed by atoms with Gasteiger partial charge in [0, 0.05) is 27.7 Å². The molecule has 0 unspecified atom stereocenters. The van der Waals surface area contributed by atoms with E-state index in [1.165, 1.54) is 6.92 Å². The van der Waals surface area contributed by atoms with E-state index in [1.54, 1.807) is 6.92 Å². The van der Waals surface area contributed by atoms with Gasteiger partial charge in [-0.05, 0) is 6.92 Å². The predicted octanol–water partition coefficient (Wildman–Crippen LogP) is 0.366. The van der Waals surface area contributed by atoms with Gasteiger partial charge in [-0.2, -0.15) is 0 Å². The molecule has 11 nitrogen and oxygen atoms in total. The minimum atomic E-state index is -1.17. The van der Waals surface area contributed by atoms with Crippen LogP contribution < -0.4 is 0 Å². The van der Waals surface area contributed by atoms with Gasteiger partial charge in [-0.3, -0.25) is 24.0 Å². The number of hydrogen-bond acceptors (Lipinski definition) is 12. The maximum Gasteiger partial charge on any atom is 0.315 e. The van der Waals surface area contributed by atoms with Crippen molar-refractivity contribution < 1.29 is 52.4 Å². The van der Waals surface area contributed by atoms with Crippen LogP contribution in [-0.4, -0.2) is 78.7 Å². The van der Waals surface area contributed by atoms with Crippen LogP contribution in [0.25, 0.3) is 0 Å². The topological polar surface area (TPSA) is 141 Å². The van der Waals surface area contributed by atoms with Gasteiger partial charge in [-0.15, -0.1) is 11.8 Å². The van der Waals surface area contributed by atoms with E-state index in [0.29, 0.717) is 0 Å². The number of ether oxygens (including phenoxy) is 6. The van der Waals surface area contributed by atoms with Gasteiger partial charge in [0.05, 0.1) is 12.4 Å². The number of hydrogen-bond donors (Lipinski definition) is 0. The van der Waals surface area contributed by atoms with Gasteiger partial charge in [-0.1, -0.05) is 0 Å². The molecule has 0 spiro atoms. The molecule has 0 bridgehead atoms. The van der Waals surface area contributed by atoms with E-state index in [4.69, 9.17) is 28.4 Å². The number of esters is 5. The highest BCUT2D eigenvalue weighted by Gasteiger charge is 2.53. The summed E-state index contributed by atoms with van der Waals surface area (Å²) < 4.78 is 31.4. The molecule has 1 saturated heterocycles. The van der Waals surface area contributed by atoms with Crippen LogP contribution in [0.2, 0.25) is 0 Å². The van der Waals surface area contributed by atoms with Crippen molar-refractivity contribution in [1.29, 1.82) is 0 Å². The van der Waals surface area contributed by atoms with Crippen LogP contribution in [0.4, 0.5) is 0 Å². The Labute approximate surface area is 178 Å². The average Bonchev–Trinajstić information content (AvgIpc) is 2.93. The largest absolute Gasteiger partial charge is 0.465 e. The summed E-state index contributed by atoms with van der Waals surface area (Å²) in [4.78, 5) is 57.7. The zero-order chi connectivity index (χ0) is 22.8. The first-order valence-electron chi connectivity index (χ1n) is 9.12. The molecule has 0 aromatic rings. The van der Waals surface area contributed by atoms with Crippen LogP contribution in [0, 0.1) is 0 Å². The minimum absolute atomic E-state index is 0.127. The summed E-state index contributed by atoms with van der Waals surface area (Å²) in [7, 11) is 0. The second-order valence-corrected chi connectivity index (χ2v) is 7.27. The lowest BCUT2D eigenvalue weighted by molar-refractivity contribution is -0.176. The van der Waals surface area contributed by atoms with Crippen molar-refractivity contribution in [3.05, 3.63) is 0 Å². The van der Waals surface area contributed by atoms with Gasteiger partial charge >= 0.3 is 29.8 Å². The quantitative estimate of drug-likeness (QED) is 0.335. The predicted molar refractivity (Wildman–Crippen MR) is 101 cm³/mol. The first kappa shape index (κ1) is 25.7. The lowest BCUT2D eigenvalue weighted by atomic mass is 10.1. The van der Waals surface area contributed by atoms with E-state index in [2.05, 4.69) is 0 Å². The van der Waals surface area contributed by atoms with Crippen molar-refractivity contribution in [1.82, 2.24) is 0 Å². The molecule has 30 heavy (non-hydrogen) atoms. The molecule has 0 aromatic carbocycles. The lowest BCUT2D eigenvalue weighted by Crippen LogP contribution is -2.46. The average molecular weight is 450 g/mol. The number of carbonyl (C=O) groups is 5. The second-order valence-electron chi connectivity index (χ2n) is 6.18. The van der Waals surface area contributed by atoms with Crippen molar-refractivity contribution in [2.24, 2.45) is 0 Å². The molecule has 1 aliphatic rings. The fourth-order valence-corrected chi connectivity index (χ4v) is 3.68. The summed E-state index contributed by atoms with van der Waals surface area (Å²) in [6.45, 7) is 6.09. The molecule has 170 valence electrons. The molecule has 0 aromatic heterocycles. The normalized spacial score (nSPS) is 23.8. The van der Waals surface area contributed by atoms with E-state index in [1.807, 2.05) is 0 Å².